The Morgan fingerprint density at radius 2 is 0.680 bits per heavy atom. The second-order valence-corrected chi connectivity index (χ2v) is 17.9. The first-order valence-electron chi connectivity index (χ1n) is 17.4. The van der Waals surface area contributed by atoms with Gasteiger partial charge in [0.1, 0.15) is 0 Å². The topological polar surface area (TPSA) is 51.6 Å². The van der Waals surface area contributed by atoms with Gasteiger partial charge in [0.15, 0.2) is 7.26 Å². The van der Waals surface area contributed by atoms with Crippen LogP contribution in [0.25, 0.3) is 45.0 Å². The summed E-state index contributed by atoms with van der Waals surface area (Å²) in [5.74, 6) is 0.767. The molecule has 2 heterocycles. The summed E-state index contributed by atoms with van der Waals surface area (Å²) in [7, 11) is -2.39. The van der Waals surface area contributed by atoms with Crippen molar-refractivity contribution in [2.45, 2.75) is 55.4 Å². The molecule has 0 atom stereocenters. The predicted octanol–water partition coefficient (Wildman–Crippen LogP) is 10.4. The minimum atomic E-state index is -2.39. The Labute approximate surface area is 312 Å². The number of hydrogen-bond donors (Lipinski definition) is 0. The van der Waals surface area contributed by atoms with Crippen molar-refractivity contribution in [2.24, 2.45) is 11.8 Å². The molecule has 0 N–H and O–H groups in total. The summed E-state index contributed by atoms with van der Waals surface area (Å²) < 4.78 is 0. The van der Waals surface area contributed by atoms with Gasteiger partial charge in [-0.15, -0.1) is 0 Å². The molecule has 1 radical (unpaired) electrons. The SMILES string of the molecule is Cc1cccc(-c2cc(-c3cccc(C)c3)nc([P+](CC(C)C)(CC(C)C)c3nc(-c4cccc(C)c4)cc(-c4cccc(C)c4)n3)n2)c1.[Ru+3]. The van der Waals surface area contributed by atoms with Crippen molar-refractivity contribution < 1.29 is 19.5 Å². The van der Waals surface area contributed by atoms with E-state index in [0.29, 0.717) is 11.8 Å². The van der Waals surface area contributed by atoms with E-state index in [2.05, 4.69) is 165 Å². The van der Waals surface area contributed by atoms with Crippen LogP contribution in [0.3, 0.4) is 0 Å². The van der Waals surface area contributed by atoms with Gasteiger partial charge in [-0.05, 0) is 75.9 Å². The number of benzene rings is 4. The maximum atomic E-state index is 5.54. The Hall–Kier alpha value is -3.91. The van der Waals surface area contributed by atoms with E-state index in [1.807, 2.05) is 0 Å². The average Bonchev–Trinajstić information content (AvgIpc) is 3.07. The van der Waals surface area contributed by atoms with Crippen LogP contribution in [0.5, 0.6) is 0 Å². The summed E-state index contributed by atoms with van der Waals surface area (Å²) in [6, 6.07) is 38.9. The summed E-state index contributed by atoms with van der Waals surface area (Å²) in [4.78, 5) is 22.2. The zero-order valence-electron chi connectivity index (χ0n) is 30.6. The van der Waals surface area contributed by atoms with Crippen LogP contribution in [0.1, 0.15) is 49.9 Å². The van der Waals surface area contributed by atoms with E-state index in [0.717, 1.165) is 68.5 Å². The molecule has 50 heavy (non-hydrogen) atoms. The van der Waals surface area contributed by atoms with Crippen molar-refractivity contribution in [1.82, 2.24) is 19.9 Å². The molecule has 0 aliphatic carbocycles. The smallest absolute Gasteiger partial charge is 0.196 e. The minimum absolute atomic E-state index is 0. The van der Waals surface area contributed by atoms with Crippen molar-refractivity contribution in [2.75, 3.05) is 12.3 Å². The third-order valence-electron chi connectivity index (χ3n) is 8.80. The van der Waals surface area contributed by atoms with Gasteiger partial charge in [0, 0.05) is 22.3 Å². The van der Waals surface area contributed by atoms with Crippen LogP contribution in [-0.2, 0) is 19.5 Å². The molecule has 0 saturated carbocycles. The number of hydrogen-bond acceptors (Lipinski definition) is 4. The fourth-order valence-electron chi connectivity index (χ4n) is 6.80. The fourth-order valence-corrected chi connectivity index (χ4v) is 11.5. The van der Waals surface area contributed by atoms with Crippen molar-refractivity contribution >= 4 is 18.4 Å². The van der Waals surface area contributed by atoms with Gasteiger partial charge in [-0.3, -0.25) is 0 Å². The van der Waals surface area contributed by atoms with Gasteiger partial charge >= 0.3 is 19.5 Å². The Kier molecular flexibility index (Phi) is 11.9. The number of rotatable bonds is 10. The molecule has 6 aromatic rings. The van der Waals surface area contributed by atoms with Gasteiger partial charge in [-0.1, -0.05) is 123 Å². The molecule has 0 aliphatic heterocycles. The quantitative estimate of drug-likeness (QED) is 0.103. The molecule has 0 unspecified atom stereocenters. The Balaban J connectivity index is 0.00000486. The number of aryl methyl sites for hydroxylation is 4. The van der Waals surface area contributed by atoms with Crippen LogP contribution in [0.15, 0.2) is 109 Å². The first kappa shape index (κ1) is 37.4. The van der Waals surface area contributed by atoms with Crippen LogP contribution in [-0.4, -0.2) is 32.3 Å². The van der Waals surface area contributed by atoms with Gasteiger partial charge in [-0.2, -0.15) is 19.9 Å². The van der Waals surface area contributed by atoms with Crippen LogP contribution in [0.4, 0.5) is 0 Å². The fraction of sp³-hybridized carbons (Fsp3) is 0.273. The van der Waals surface area contributed by atoms with E-state index in [4.69, 9.17) is 19.9 Å². The van der Waals surface area contributed by atoms with Crippen LogP contribution in [0.2, 0.25) is 0 Å². The van der Waals surface area contributed by atoms with Crippen molar-refractivity contribution in [3.05, 3.63) is 131 Å². The molecule has 4 nitrogen and oxygen atoms in total. The molecule has 4 aromatic carbocycles. The van der Waals surface area contributed by atoms with E-state index in [1.165, 1.54) is 22.3 Å². The second kappa shape index (κ2) is 16.0. The minimum Gasteiger partial charge on any atom is -0.196 e. The van der Waals surface area contributed by atoms with Crippen LogP contribution in [0, 0.1) is 39.5 Å². The summed E-state index contributed by atoms with van der Waals surface area (Å²) in [6.45, 7) is 17.8. The van der Waals surface area contributed by atoms with E-state index < -0.39 is 7.26 Å². The maximum Gasteiger partial charge on any atom is 3.00 e. The Bertz CT molecular complexity index is 1830. The molecule has 0 amide bonds. The van der Waals surface area contributed by atoms with Gasteiger partial charge in [0.25, 0.3) is 11.1 Å². The Morgan fingerprint density at radius 3 is 0.900 bits per heavy atom. The van der Waals surface area contributed by atoms with E-state index >= 15 is 0 Å². The normalized spacial score (nSPS) is 11.6. The summed E-state index contributed by atoms with van der Waals surface area (Å²) in [6.07, 6.45) is 1.83. The maximum absolute atomic E-state index is 5.54. The molecule has 0 fully saturated rings. The van der Waals surface area contributed by atoms with Gasteiger partial charge in [0.05, 0.1) is 35.1 Å². The summed E-state index contributed by atoms with van der Waals surface area (Å²) in [5.41, 5.74) is 14.8. The zero-order chi connectivity index (χ0) is 34.7. The first-order chi connectivity index (χ1) is 23.5. The van der Waals surface area contributed by atoms with E-state index in [-0.39, 0.29) is 19.5 Å². The summed E-state index contributed by atoms with van der Waals surface area (Å²) in [5, 5.41) is 0. The van der Waals surface area contributed by atoms with E-state index in [1.54, 1.807) is 0 Å². The molecule has 0 bridgehead atoms. The van der Waals surface area contributed by atoms with Gasteiger partial charge < -0.3 is 0 Å². The first-order valence-corrected chi connectivity index (χ1v) is 19.6. The van der Waals surface area contributed by atoms with Crippen molar-refractivity contribution in [3.8, 4) is 45.0 Å². The third-order valence-corrected chi connectivity index (χ3v) is 13.4. The molecular weight excluding hydrogens is 717 g/mol. The van der Waals surface area contributed by atoms with Crippen LogP contribution >= 0.6 is 7.26 Å². The molecule has 0 spiro atoms. The molecular formula is C44H48N4PRu+4. The van der Waals surface area contributed by atoms with Gasteiger partial charge in [0.2, 0.25) is 0 Å². The average molecular weight is 765 g/mol. The molecule has 6 heteroatoms. The molecule has 0 aliphatic rings. The molecule has 2 aromatic heterocycles. The molecule has 0 saturated heterocycles. The standard InChI is InChI=1S/C44H48N4P.Ru/c1-29(2)27-49(28-30(3)4,43-45-39(35-17-9-13-31(5)21-35)25-40(46-43)36-18-10-14-32(6)22-36)44-47-41(37-19-11-15-33(7)23-37)26-42(48-44)38-20-12-16-34(8)24-38;/h9-26,29-30H,27-28H2,1-8H3;/q+1;+3. The van der Waals surface area contributed by atoms with E-state index in [9.17, 15) is 0 Å². The molecule has 253 valence electrons. The molecule has 6 rings (SSSR count). The number of nitrogens with zero attached hydrogens (tertiary/aromatic N) is 4. The van der Waals surface area contributed by atoms with Crippen molar-refractivity contribution in [3.63, 3.8) is 0 Å². The van der Waals surface area contributed by atoms with Crippen LogP contribution < -0.4 is 11.1 Å². The zero-order valence-corrected chi connectivity index (χ0v) is 33.2. The Morgan fingerprint density at radius 1 is 0.420 bits per heavy atom. The second-order valence-electron chi connectivity index (χ2n) is 14.5. The predicted molar refractivity (Wildman–Crippen MR) is 210 cm³/mol. The largest absolute Gasteiger partial charge is 3.00 e. The van der Waals surface area contributed by atoms with Crippen molar-refractivity contribution in [1.29, 1.82) is 0 Å². The number of aromatic nitrogens is 4. The monoisotopic (exact) mass is 765 g/mol. The third kappa shape index (κ3) is 8.51. The summed E-state index contributed by atoms with van der Waals surface area (Å²) >= 11 is 0. The van der Waals surface area contributed by atoms with Gasteiger partial charge in [-0.25, -0.2) is 0 Å².